The van der Waals surface area contributed by atoms with Crippen LogP contribution in [0.3, 0.4) is 0 Å². The molecule has 0 spiro atoms. The van der Waals surface area contributed by atoms with Crippen LogP contribution in [0.2, 0.25) is 10.0 Å². The minimum Gasteiger partial charge on any atom is -0.489 e. The second-order valence-electron chi connectivity index (χ2n) is 6.86. The van der Waals surface area contributed by atoms with Gasteiger partial charge in [0, 0.05) is 27.9 Å². The minimum atomic E-state index is -0.499. The lowest BCUT2D eigenvalue weighted by Crippen LogP contribution is -2.16. The molecular formula is C22H17Cl2FN4O3. The van der Waals surface area contributed by atoms with Gasteiger partial charge in [0.1, 0.15) is 23.9 Å². The average molecular weight is 475 g/mol. The van der Waals surface area contributed by atoms with Crippen LogP contribution < -0.4 is 10.1 Å². The van der Waals surface area contributed by atoms with Gasteiger partial charge in [0.15, 0.2) is 11.5 Å². The number of hydrogen-bond acceptors (Lipinski definition) is 5. The third-order valence-electron chi connectivity index (χ3n) is 4.66. The van der Waals surface area contributed by atoms with Gasteiger partial charge in [-0.05, 0) is 43.3 Å². The van der Waals surface area contributed by atoms with Crippen molar-refractivity contribution in [1.29, 1.82) is 0 Å². The summed E-state index contributed by atoms with van der Waals surface area (Å²) in [6, 6.07) is 12.5. The zero-order valence-corrected chi connectivity index (χ0v) is 18.3. The number of benzene rings is 2. The van der Waals surface area contributed by atoms with Gasteiger partial charge in [-0.3, -0.25) is 9.48 Å². The molecule has 1 N–H and O–H groups in total. The summed E-state index contributed by atoms with van der Waals surface area (Å²) in [5.74, 6) is 0.353. The summed E-state index contributed by atoms with van der Waals surface area (Å²) < 4.78 is 25.5. The number of ether oxygens (including phenoxy) is 1. The van der Waals surface area contributed by atoms with Gasteiger partial charge in [-0.15, -0.1) is 0 Å². The highest BCUT2D eigenvalue weighted by Gasteiger charge is 2.21. The fourth-order valence-corrected chi connectivity index (χ4v) is 3.48. The van der Waals surface area contributed by atoms with Gasteiger partial charge in [0.25, 0.3) is 5.91 Å². The van der Waals surface area contributed by atoms with Crippen LogP contribution in [0.1, 0.15) is 27.4 Å². The first-order valence-electron chi connectivity index (χ1n) is 9.52. The van der Waals surface area contributed by atoms with E-state index in [0.29, 0.717) is 39.5 Å². The van der Waals surface area contributed by atoms with E-state index in [4.69, 9.17) is 32.5 Å². The second-order valence-corrected chi connectivity index (χ2v) is 7.68. The van der Waals surface area contributed by atoms with Gasteiger partial charge in [0.05, 0.1) is 12.1 Å². The van der Waals surface area contributed by atoms with Crippen LogP contribution >= 0.6 is 23.2 Å². The maximum absolute atomic E-state index is 13.1. The Labute approximate surface area is 192 Å². The monoisotopic (exact) mass is 474 g/mol. The van der Waals surface area contributed by atoms with E-state index in [0.717, 1.165) is 5.56 Å². The van der Waals surface area contributed by atoms with Crippen LogP contribution in [0.15, 0.2) is 59.3 Å². The first-order valence-corrected chi connectivity index (χ1v) is 10.3. The summed E-state index contributed by atoms with van der Waals surface area (Å²) >= 11 is 12.4. The molecule has 2 aromatic carbocycles. The fraction of sp³-hybridized carbons (Fsp3) is 0.136. The number of anilines is 1. The van der Waals surface area contributed by atoms with Gasteiger partial charge < -0.3 is 14.6 Å². The smallest absolute Gasteiger partial charge is 0.279 e. The molecule has 0 atom stereocenters. The van der Waals surface area contributed by atoms with Gasteiger partial charge in [-0.1, -0.05) is 34.4 Å². The van der Waals surface area contributed by atoms with Crippen LogP contribution in [-0.4, -0.2) is 20.8 Å². The van der Waals surface area contributed by atoms with Crippen molar-refractivity contribution in [1.82, 2.24) is 14.9 Å². The van der Waals surface area contributed by atoms with E-state index in [-0.39, 0.29) is 18.1 Å². The number of rotatable bonds is 7. The topological polar surface area (TPSA) is 82.2 Å². The molecule has 4 aromatic rings. The zero-order chi connectivity index (χ0) is 22.7. The number of nitrogens with zero attached hydrogens (tertiary/aromatic N) is 3. The van der Waals surface area contributed by atoms with E-state index in [1.807, 2.05) is 0 Å². The Morgan fingerprint density at radius 1 is 1.12 bits per heavy atom. The van der Waals surface area contributed by atoms with Gasteiger partial charge in [-0.2, -0.15) is 5.10 Å². The molecule has 4 rings (SSSR count). The lowest BCUT2D eigenvalue weighted by atomic mass is 10.2. The molecule has 0 bridgehead atoms. The Kier molecular flexibility index (Phi) is 6.43. The van der Waals surface area contributed by atoms with Crippen LogP contribution in [0.25, 0.3) is 0 Å². The van der Waals surface area contributed by atoms with Crippen molar-refractivity contribution in [2.24, 2.45) is 0 Å². The highest BCUT2D eigenvalue weighted by atomic mass is 35.5. The molecule has 2 heterocycles. The number of aromatic nitrogens is 3. The van der Waals surface area contributed by atoms with Gasteiger partial charge in [0.2, 0.25) is 0 Å². The lowest BCUT2D eigenvalue weighted by molar-refractivity contribution is 0.101. The van der Waals surface area contributed by atoms with Crippen molar-refractivity contribution >= 4 is 34.9 Å². The number of aryl methyl sites for hydroxylation is 1. The molecule has 0 fully saturated rings. The number of nitrogens with one attached hydrogen (secondary N) is 1. The summed E-state index contributed by atoms with van der Waals surface area (Å²) in [6.45, 7) is 2.05. The van der Waals surface area contributed by atoms with Crippen molar-refractivity contribution in [2.75, 3.05) is 5.32 Å². The predicted molar refractivity (Wildman–Crippen MR) is 118 cm³/mol. The molecule has 7 nitrogen and oxygen atoms in total. The summed E-state index contributed by atoms with van der Waals surface area (Å²) in [4.78, 5) is 12.7. The van der Waals surface area contributed by atoms with Crippen molar-refractivity contribution in [3.8, 4) is 5.75 Å². The van der Waals surface area contributed by atoms with Gasteiger partial charge in [-0.25, -0.2) is 4.39 Å². The Morgan fingerprint density at radius 2 is 1.84 bits per heavy atom. The van der Waals surface area contributed by atoms with Crippen LogP contribution in [0.5, 0.6) is 5.75 Å². The number of carbonyl (C=O) groups excluding carboxylic acids is 1. The zero-order valence-electron chi connectivity index (χ0n) is 16.8. The fourth-order valence-electron chi connectivity index (χ4n) is 2.96. The van der Waals surface area contributed by atoms with E-state index >= 15 is 0 Å². The molecule has 0 saturated carbocycles. The highest BCUT2D eigenvalue weighted by Crippen LogP contribution is 2.25. The molecule has 0 saturated heterocycles. The summed E-state index contributed by atoms with van der Waals surface area (Å²) in [5.41, 5.74) is 1.28. The Bertz CT molecular complexity index is 1230. The second kappa shape index (κ2) is 9.42. The Morgan fingerprint density at radius 3 is 2.56 bits per heavy atom. The van der Waals surface area contributed by atoms with E-state index in [1.54, 1.807) is 42.1 Å². The molecule has 2 aromatic heterocycles. The first kappa shape index (κ1) is 21.9. The molecular weight excluding hydrogens is 458 g/mol. The van der Waals surface area contributed by atoms with Crippen molar-refractivity contribution < 1.29 is 18.4 Å². The van der Waals surface area contributed by atoms with Crippen molar-refractivity contribution in [3.63, 3.8) is 0 Å². The molecule has 0 radical (unpaired) electrons. The maximum Gasteiger partial charge on any atom is 0.279 e. The molecule has 0 aliphatic rings. The standard InChI is InChI=1S/C22H17Cl2FN4O3/c1-13-17(12-31-15-7-5-14(25)6-8-15)21(28-32-13)22(30)26-20-9-10-29(27-20)11-16-18(23)3-2-4-19(16)24/h2-10H,11-12H2,1H3,(H,26,27,30). The maximum atomic E-state index is 13.1. The Balaban J connectivity index is 1.44. The molecule has 1 amide bonds. The number of hydrogen-bond donors (Lipinski definition) is 1. The Hall–Kier alpha value is -3.36. The van der Waals surface area contributed by atoms with E-state index in [1.165, 1.54) is 24.3 Å². The van der Waals surface area contributed by atoms with Gasteiger partial charge >= 0.3 is 0 Å². The van der Waals surface area contributed by atoms with E-state index in [2.05, 4.69) is 15.6 Å². The largest absolute Gasteiger partial charge is 0.489 e. The third kappa shape index (κ3) is 4.92. The number of amides is 1. The molecule has 0 aliphatic heterocycles. The van der Waals surface area contributed by atoms with Crippen LogP contribution in [0.4, 0.5) is 10.2 Å². The summed E-state index contributed by atoms with van der Waals surface area (Å²) in [5, 5.41) is 11.9. The van der Waals surface area contributed by atoms with Crippen LogP contribution in [-0.2, 0) is 13.2 Å². The summed E-state index contributed by atoms with van der Waals surface area (Å²) in [6.07, 6.45) is 1.70. The highest BCUT2D eigenvalue weighted by molar-refractivity contribution is 6.35. The van der Waals surface area contributed by atoms with E-state index < -0.39 is 5.91 Å². The number of carbonyl (C=O) groups is 1. The molecule has 0 aliphatic carbocycles. The normalized spacial score (nSPS) is 10.9. The SMILES string of the molecule is Cc1onc(C(=O)Nc2ccn(Cc3c(Cl)cccc3Cl)n2)c1COc1ccc(F)cc1. The lowest BCUT2D eigenvalue weighted by Gasteiger charge is -2.07. The van der Waals surface area contributed by atoms with Crippen LogP contribution in [0, 0.1) is 12.7 Å². The quantitative estimate of drug-likeness (QED) is 0.382. The average Bonchev–Trinajstić information content (AvgIpc) is 3.36. The first-order chi connectivity index (χ1) is 15.4. The molecule has 164 valence electrons. The number of halogens is 3. The molecule has 32 heavy (non-hydrogen) atoms. The summed E-state index contributed by atoms with van der Waals surface area (Å²) in [7, 11) is 0. The minimum absolute atomic E-state index is 0.0309. The third-order valence-corrected chi connectivity index (χ3v) is 5.37. The van der Waals surface area contributed by atoms with Crippen molar-refractivity contribution in [2.45, 2.75) is 20.1 Å². The van der Waals surface area contributed by atoms with Crippen molar-refractivity contribution in [3.05, 3.63) is 93.2 Å². The van der Waals surface area contributed by atoms with E-state index in [9.17, 15) is 9.18 Å². The predicted octanol–water partition coefficient (Wildman–Crippen LogP) is 5.51. The molecule has 10 heteroatoms. The molecule has 0 unspecified atom stereocenters.